The van der Waals surface area contributed by atoms with E-state index in [1.54, 1.807) is 24.3 Å². The molecule has 2 aromatic heterocycles. The molecule has 0 spiro atoms. The number of pyridine rings is 1. The quantitative estimate of drug-likeness (QED) is 0.554. The van der Waals surface area contributed by atoms with Gasteiger partial charge in [0.25, 0.3) is 21.8 Å². The normalized spacial score (nSPS) is 19.2. The smallest absolute Gasteiger partial charge is 0.268 e. The summed E-state index contributed by atoms with van der Waals surface area (Å²) in [5, 5.41) is 0. The van der Waals surface area contributed by atoms with Crippen LogP contribution in [0.3, 0.4) is 0 Å². The Morgan fingerprint density at radius 1 is 1.00 bits per heavy atom. The van der Waals surface area contributed by atoms with Gasteiger partial charge in [0, 0.05) is 24.2 Å². The number of amides is 2. The van der Waals surface area contributed by atoms with Crippen molar-refractivity contribution in [1.82, 2.24) is 14.2 Å². The average Bonchev–Trinajstić information content (AvgIpc) is 3.52. The molecule has 31 heavy (non-hydrogen) atoms. The van der Waals surface area contributed by atoms with Gasteiger partial charge in [-0.25, -0.2) is 8.42 Å². The Labute approximate surface area is 184 Å². The molecule has 1 atom stereocenters. The molecular formula is C22H19N3O4S2. The van der Waals surface area contributed by atoms with Crippen LogP contribution in [-0.2, 0) is 16.6 Å². The second-order valence-corrected chi connectivity index (χ2v) is 10.9. The predicted octanol–water partition coefficient (Wildman–Crippen LogP) is 3.12. The number of nitrogens with zero attached hydrogens (tertiary/aromatic N) is 3. The van der Waals surface area contributed by atoms with E-state index in [0.29, 0.717) is 18.0 Å². The highest BCUT2D eigenvalue weighted by atomic mass is 32.2. The first kappa shape index (κ1) is 20.0. The molecule has 0 saturated carbocycles. The number of carbonyl (C=O) groups is 2. The number of sulfonamides is 1. The fourth-order valence-electron chi connectivity index (χ4n) is 4.07. The zero-order chi connectivity index (χ0) is 21.6. The van der Waals surface area contributed by atoms with Gasteiger partial charge >= 0.3 is 0 Å². The summed E-state index contributed by atoms with van der Waals surface area (Å²) in [4.78, 5) is 30.8. The largest absolute Gasteiger partial charge is 0.280 e. The molecule has 7 nitrogen and oxygen atoms in total. The van der Waals surface area contributed by atoms with Crippen LogP contribution in [0.15, 0.2) is 65.0 Å². The highest BCUT2D eigenvalue weighted by molar-refractivity contribution is 7.91. The molecule has 1 aromatic carbocycles. The van der Waals surface area contributed by atoms with Gasteiger partial charge in [-0.15, -0.1) is 11.3 Å². The summed E-state index contributed by atoms with van der Waals surface area (Å²) in [6, 6.07) is 16.3. The zero-order valence-electron chi connectivity index (χ0n) is 16.5. The Balaban J connectivity index is 1.32. The van der Waals surface area contributed by atoms with E-state index < -0.39 is 21.8 Å². The second kappa shape index (κ2) is 7.67. The van der Waals surface area contributed by atoms with Gasteiger partial charge in [-0.05, 0) is 42.2 Å². The third-order valence-corrected chi connectivity index (χ3v) is 9.10. The SMILES string of the molecule is O=C1c2cccnc2C(=O)N1Cc1ccc(S(=O)(=O)N2CC[C@@H](c3ccccc3)C2)s1. The number of thiophene rings is 1. The third-order valence-electron chi connectivity index (χ3n) is 5.70. The summed E-state index contributed by atoms with van der Waals surface area (Å²) in [6.07, 6.45) is 2.26. The number of rotatable bonds is 5. The molecule has 0 N–H and O–H groups in total. The molecule has 0 radical (unpaired) electrons. The van der Waals surface area contributed by atoms with Crippen LogP contribution in [0, 0.1) is 0 Å². The lowest BCUT2D eigenvalue weighted by Gasteiger charge is -2.16. The molecule has 9 heteroatoms. The van der Waals surface area contributed by atoms with E-state index >= 15 is 0 Å². The van der Waals surface area contributed by atoms with Crippen LogP contribution in [0.5, 0.6) is 0 Å². The lowest BCUT2D eigenvalue weighted by molar-refractivity contribution is 0.0642. The summed E-state index contributed by atoms with van der Waals surface area (Å²) in [6.45, 7) is 0.948. The van der Waals surface area contributed by atoms with Gasteiger partial charge < -0.3 is 0 Å². The van der Waals surface area contributed by atoms with Crippen molar-refractivity contribution in [2.75, 3.05) is 13.1 Å². The van der Waals surface area contributed by atoms with E-state index in [-0.39, 0.29) is 27.9 Å². The van der Waals surface area contributed by atoms with E-state index in [0.717, 1.165) is 28.2 Å². The minimum atomic E-state index is -3.62. The van der Waals surface area contributed by atoms with Crippen LogP contribution in [0.4, 0.5) is 0 Å². The summed E-state index contributed by atoms with van der Waals surface area (Å²) in [5.41, 5.74) is 1.56. The second-order valence-electron chi connectivity index (χ2n) is 7.58. The van der Waals surface area contributed by atoms with Crippen molar-refractivity contribution in [3.05, 3.63) is 82.5 Å². The van der Waals surface area contributed by atoms with Crippen LogP contribution >= 0.6 is 11.3 Å². The monoisotopic (exact) mass is 453 g/mol. The van der Waals surface area contributed by atoms with Gasteiger partial charge in [-0.3, -0.25) is 19.5 Å². The summed E-state index contributed by atoms with van der Waals surface area (Å²) >= 11 is 1.10. The summed E-state index contributed by atoms with van der Waals surface area (Å²) in [7, 11) is -3.62. The van der Waals surface area contributed by atoms with Crippen molar-refractivity contribution < 1.29 is 18.0 Å². The van der Waals surface area contributed by atoms with E-state index in [1.165, 1.54) is 10.5 Å². The highest BCUT2D eigenvalue weighted by Crippen LogP contribution is 2.34. The van der Waals surface area contributed by atoms with Gasteiger partial charge in [0.1, 0.15) is 9.90 Å². The summed E-state index contributed by atoms with van der Waals surface area (Å²) in [5.74, 6) is -0.680. The topological polar surface area (TPSA) is 87.6 Å². The van der Waals surface area contributed by atoms with Gasteiger partial charge in [0.2, 0.25) is 0 Å². The van der Waals surface area contributed by atoms with E-state index in [9.17, 15) is 18.0 Å². The first-order valence-corrected chi connectivity index (χ1v) is 12.2. The molecule has 5 rings (SSSR count). The highest BCUT2D eigenvalue weighted by Gasteiger charge is 2.38. The Bertz CT molecular complexity index is 1240. The Morgan fingerprint density at radius 3 is 2.58 bits per heavy atom. The van der Waals surface area contributed by atoms with Crippen LogP contribution in [0.25, 0.3) is 0 Å². The van der Waals surface area contributed by atoms with Crippen molar-refractivity contribution in [3.8, 4) is 0 Å². The standard InChI is InChI=1S/C22H19N3O4S2/c26-21-18-7-4-11-23-20(18)22(27)25(21)14-17-8-9-19(30-17)31(28,29)24-12-10-16(13-24)15-5-2-1-3-6-15/h1-9,11,16H,10,12-14H2/t16-/m1/s1. The van der Waals surface area contributed by atoms with Crippen LogP contribution < -0.4 is 0 Å². The number of imide groups is 1. The number of carbonyl (C=O) groups excluding carboxylic acids is 2. The zero-order valence-corrected chi connectivity index (χ0v) is 18.1. The third kappa shape index (κ3) is 3.48. The van der Waals surface area contributed by atoms with E-state index in [4.69, 9.17) is 0 Å². The van der Waals surface area contributed by atoms with Gasteiger partial charge in [-0.2, -0.15) is 4.31 Å². The molecule has 0 unspecified atom stereocenters. The first-order chi connectivity index (χ1) is 14.9. The minimum absolute atomic E-state index is 0.0286. The molecule has 2 amide bonds. The van der Waals surface area contributed by atoms with Gasteiger partial charge in [0.15, 0.2) is 0 Å². The first-order valence-electron chi connectivity index (χ1n) is 9.90. The minimum Gasteiger partial charge on any atom is -0.268 e. The fourth-order valence-corrected chi connectivity index (χ4v) is 7.07. The molecule has 3 aromatic rings. The molecule has 1 saturated heterocycles. The molecule has 158 valence electrons. The Hall–Kier alpha value is -2.88. The van der Waals surface area contributed by atoms with Crippen LogP contribution in [0.1, 0.15) is 43.6 Å². The molecule has 0 aliphatic carbocycles. The van der Waals surface area contributed by atoms with Crippen molar-refractivity contribution in [3.63, 3.8) is 0 Å². The van der Waals surface area contributed by atoms with Crippen LogP contribution in [-0.4, -0.2) is 47.5 Å². The van der Waals surface area contributed by atoms with E-state index in [2.05, 4.69) is 4.98 Å². The maximum absolute atomic E-state index is 13.1. The maximum atomic E-state index is 13.1. The molecule has 0 bridgehead atoms. The maximum Gasteiger partial charge on any atom is 0.280 e. The molecular weight excluding hydrogens is 434 g/mol. The summed E-state index contributed by atoms with van der Waals surface area (Å²) < 4.78 is 28.0. The lowest BCUT2D eigenvalue weighted by atomic mass is 9.99. The number of hydrogen-bond acceptors (Lipinski definition) is 6. The Kier molecular flexibility index (Phi) is 4.96. The lowest BCUT2D eigenvalue weighted by Crippen LogP contribution is -2.29. The van der Waals surface area contributed by atoms with Crippen molar-refractivity contribution >= 4 is 33.2 Å². The fraction of sp³-hybridized carbons (Fsp3) is 0.227. The Morgan fingerprint density at radius 2 is 1.81 bits per heavy atom. The number of hydrogen-bond donors (Lipinski definition) is 0. The van der Waals surface area contributed by atoms with Crippen molar-refractivity contribution in [1.29, 1.82) is 0 Å². The predicted molar refractivity (Wildman–Crippen MR) is 115 cm³/mol. The molecule has 1 fully saturated rings. The average molecular weight is 454 g/mol. The van der Waals surface area contributed by atoms with Crippen molar-refractivity contribution in [2.24, 2.45) is 0 Å². The molecule has 4 heterocycles. The number of fused-ring (bicyclic) bond motifs is 1. The van der Waals surface area contributed by atoms with Gasteiger partial charge in [0.05, 0.1) is 12.1 Å². The number of benzene rings is 1. The van der Waals surface area contributed by atoms with Crippen molar-refractivity contribution in [2.45, 2.75) is 23.1 Å². The molecule has 2 aliphatic heterocycles. The molecule has 2 aliphatic rings. The van der Waals surface area contributed by atoms with E-state index in [1.807, 2.05) is 30.3 Å². The number of aromatic nitrogens is 1. The van der Waals surface area contributed by atoms with Crippen LogP contribution in [0.2, 0.25) is 0 Å². The van der Waals surface area contributed by atoms with Gasteiger partial charge in [-0.1, -0.05) is 30.3 Å².